The van der Waals surface area contributed by atoms with E-state index in [-0.39, 0.29) is 49.6 Å². The highest BCUT2D eigenvalue weighted by Gasteiger charge is 2.57. The molecule has 0 amide bonds. The average molecular weight is 599 g/mol. The fourth-order valence-corrected chi connectivity index (χ4v) is 7.07. The number of hydrogen-bond donors (Lipinski definition) is 0. The molecule has 0 saturated heterocycles. The number of benzene rings is 4. The second-order valence-electron chi connectivity index (χ2n) is 12.5. The van der Waals surface area contributed by atoms with Crippen LogP contribution in [0.1, 0.15) is 64.7 Å². The lowest BCUT2D eigenvalue weighted by Gasteiger charge is -2.37. The van der Waals surface area contributed by atoms with Crippen molar-refractivity contribution >= 4 is 17.7 Å². The standard InChI is InChI=1S/C40H38O5/c1-27-18-20-31(21-19-27)34-22-33-23-40(38(42)44-25-29-12-6-3-7-13-29,39(43)45-26-30-14-8-4-9-15-30)24-35(33)28(2)36(34)37(41)32-16-10-5-11-17-32/h3-21,28,34,36H,22-26H2,1-2H3/t28-,34-,36+/m1/s1. The maximum absolute atomic E-state index is 14.2. The number of esters is 2. The van der Waals surface area contributed by atoms with Gasteiger partial charge in [-0.15, -0.1) is 0 Å². The van der Waals surface area contributed by atoms with Crippen LogP contribution in [0.2, 0.25) is 0 Å². The Morgan fingerprint density at radius 2 is 1.20 bits per heavy atom. The van der Waals surface area contributed by atoms with Gasteiger partial charge in [0.05, 0.1) is 0 Å². The smallest absolute Gasteiger partial charge is 0.324 e. The first-order chi connectivity index (χ1) is 21.9. The molecule has 6 rings (SSSR count). The van der Waals surface area contributed by atoms with Gasteiger partial charge in [-0.05, 0) is 54.7 Å². The van der Waals surface area contributed by atoms with Gasteiger partial charge in [0.1, 0.15) is 13.2 Å². The monoisotopic (exact) mass is 598 g/mol. The highest BCUT2D eigenvalue weighted by atomic mass is 16.6. The van der Waals surface area contributed by atoms with E-state index < -0.39 is 17.4 Å². The van der Waals surface area contributed by atoms with E-state index in [0.717, 1.165) is 33.4 Å². The number of rotatable bonds is 9. The van der Waals surface area contributed by atoms with Gasteiger partial charge in [0.2, 0.25) is 0 Å². The van der Waals surface area contributed by atoms with Crippen molar-refractivity contribution in [2.45, 2.75) is 52.2 Å². The summed E-state index contributed by atoms with van der Waals surface area (Å²) in [6.07, 6.45) is 0.998. The zero-order valence-corrected chi connectivity index (χ0v) is 25.8. The maximum Gasteiger partial charge on any atom is 0.324 e. The lowest BCUT2D eigenvalue weighted by Crippen LogP contribution is -2.40. The molecular weight excluding hydrogens is 560 g/mol. The zero-order valence-electron chi connectivity index (χ0n) is 25.8. The van der Waals surface area contributed by atoms with Crippen molar-refractivity contribution in [1.29, 1.82) is 0 Å². The summed E-state index contributed by atoms with van der Waals surface area (Å²) in [6.45, 7) is 4.25. The fraction of sp³-hybridized carbons (Fsp3) is 0.275. The van der Waals surface area contributed by atoms with Gasteiger partial charge in [-0.3, -0.25) is 14.4 Å². The van der Waals surface area contributed by atoms with E-state index in [1.54, 1.807) is 0 Å². The number of ether oxygens (including phenoxy) is 2. The summed E-state index contributed by atoms with van der Waals surface area (Å²) in [4.78, 5) is 42.3. The van der Waals surface area contributed by atoms with E-state index in [1.165, 1.54) is 0 Å². The predicted molar refractivity (Wildman–Crippen MR) is 173 cm³/mol. The van der Waals surface area contributed by atoms with Crippen LogP contribution < -0.4 is 0 Å². The molecule has 0 radical (unpaired) electrons. The highest BCUT2D eigenvalue weighted by Crippen LogP contribution is 2.56. The molecule has 0 aliphatic heterocycles. The van der Waals surface area contributed by atoms with Crippen LogP contribution in [-0.4, -0.2) is 17.7 Å². The number of allylic oxidation sites excluding steroid dienone is 2. The highest BCUT2D eigenvalue weighted by molar-refractivity contribution is 6.02. The molecule has 0 unspecified atom stereocenters. The third-order valence-electron chi connectivity index (χ3n) is 9.52. The lowest BCUT2D eigenvalue weighted by molar-refractivity contribution is -0.173. The molecule has 0 bridgehead atoms. The number of carbonyl (C=O) groups is 3. The van der Waals surface area contributed by atoms with E-state index in [9.17, 15) is 14.4 Å². The number of hydrogen-bond acceptors (Lipinski definition) is 5. The van der Waals surface area contributed by atoms with Gasteiger partial charge < -0.3 is 9.47 Å². The van der Waals surface area contributed by atoms with E-state index >= 15 is 0 Å². The second kappa shape index (κ2) is 13.1. The van der Waals surface area contributed by atoms with Crippen molar-refractivity contribution in [3.8, 4) is 0 Å². The van der Waals surface area contributed by atoms with Crippen molar-refractivity contribution in [2.24, 2.45) is 17.3 Å². The van der Waals surface area contributed by atoms with Crippen LogP contribution >= 0.6 is 0 Å². The molecule has 0 heterocycles. The molecule has 2 aliphatic carbocycles. The summed E-state index contributed by atoms with van der Waals surface area (Å²) in [5, 5.41) is 0. The Morgan fingerprint density at radius 1 is 0.689 bits per heavy atom. The molecule has 0 aromatic heterocycles. The molecule has 4 aromatic carbocycles. The first-order valence-corrected chi connectivity index (χ1v) is 15.6. The van der Waals surface area contributed by atoms with Crippen molar-refractivity contribution < 1.29 is 23.9 Å². The summed E-state index contributed by atoms with van der Waals surface area (Å²) in [7, 11) is 0. The summed E-state index contributed by atoms with van der Waals surface area (Å²) < 4.78 is 11.7. The minimum atomic E-state index is -1.51. The molecule has 228 valence electrons. The lowest BCUT2D eigenvalue weighted by atomic mass is 9.65. The van der Waals surface area contributed by atoms with E-state index in [0.29, 0.717) is 12.0 Å². The van der Waals surface area contributed by atoms with Crippen LogP contribution in [0.15, 0.2) is 126 Å². The molecule has 5 heteroatoms. The summed E-state index contributed by atoms with van der Waals surface area (Å²) in [5.74, 6) is -1.70. The molecule has 5 nitrogen and oxygen atoms in total. The second-order valence-corrected chi connectivity index (χ2v) is 12.5. The van der Waals surface area contributed by atoms with Crippen molar-refractivity contribution in [2.75, 3.05) is 0 Å². The van der Waals surface area contributed by atoms with Gasteiger partial charge in [-0.2, -0.15) is 0 Å². The van der Waals surface area contributed by atoms with Crippen LogP contribution in [0.5, 0.6) is 0 Å². The minimum absolute atomic E-state index is 0.0642. The van der Waals surface area contributed by atoms with Crippen LogP contribution in [0.4, 0.5) is 0 Å². The Kier molecular flexibility index (Phi) is 8.79. The van der Waals surface area contributed by atoms with Crippen LogP contribution in [-0.2, 0) is 32.3 Å². The normalized spacial score (nSPS) is 20.3. The van der Waals surface area contributed by atoms with Crippen LogP contribution in [0.25, 0.3) is 0 Å². The van der Waals surface area contributed by atoms with Gasteiger partial charge in [0.25, 0.3) is 0 Å². The SMILES string of the molecule is Cc1ccc([C@H]2CC3=C(CC(C(=O)OCc4ccccc4)(C(=O)OCc4ccccc4)C3)[C@@H](C)[C@@H]2C(=O)c2ccccc2)cc1. The van der Waals surface area contributed by atoms with E-state index in [1.807, 2.05) is 97.9 Å². The van der Waals surface area contributed by atoms with E-state index in [4.69, 9.17) is 9.47 Å². The third kappa shape index (κ3) is 6.26. The Labute approximate surface area is 264 Å². The zero-order chi connectivity index (χ0) is 31.4. The Bertz CT molecular complexity index is 1630. The molecule has 45 heavy (non-hydrogen) atoms. The van der Waals surface area contributed by atoms with Crippen LogP contribution in [0.3, 0.4) is 0 Å². The number of aryl methyl sites for hydroxylation is 1. The Morgan fingerprint density at radius 3 is 1.73 bits per heavy atom. The summed E-state index contributed by atoms with van der Waals surface area (Å²) >= 11 is 0. The third-order valence-corrected chi connectivity index (χ3v) is 9.52. The Hall–Kier alpha value is -4.77. The summed E-state index contributed by atoms with van der Waals surface area (Å²) in [5.41, 5.74) is 5.14. The van der Waals surface area contributed by atoms with Gasteiger partial charge >= 0.3 is 11.9 Å². The number of Topliss-reactive ketones (excluding diaryl/α,β-unsaturated/α-hetero) is 1. The molecule has 0 N–H and O–H groups in total. The first kappa shape index (κ1) is 30.3. The van der Waals surface area contributed by atoms with Crippen molar-refractivity contribution in [1.82, 2.24) is 0 Å². The Balaban J connectivity index is 1.34. The predicted octanol–water partition coefficient (Wildman–Crippen LogP) is 8.18. The fourth-order valence-electron chi connectivity index (χ4n) is 7.07. The molecule has 0 saturated carbocycles. The van der Waals surface area contributed by atoms with Gasteiger partial charge in [0.15, 0.2) is 11.2 Å². The van der Waals surface area contributed by atoms with Gasteiger partial charge in [-0.25, -0.2) is 0 Å². The van der Waals surface area contributed by atoms with Gasteiger partial charge in [-0.1, -0.05) is 139 Å². The first-order valence-electron chi connectivity index (χ1n) is 15.6. The average Bonchev–Trinajstić information content (AvgIpc) is 3.49. The number of ketones is 1. The minimum Gasteiger partial charge on any atom is -0.460 e. The molecule has 2 aliphatic rings. The largest absolute Gasteiger partial charge is 0.460 e. The van der Waals surface area contributed by atoms with Crippen molar-refractivity contribution in [3.63, 3.8) is 0 Å². The van der Waals surface area contributed by atoms with Crippen LogP contribution in [0, 0.1) is 24.2 Å². The van der Waals surface area contributed by atoms with Gasteiger partial charge in [0, 0.05) is 11.5 Å². The topological polar surface area (TPSA) is 69.7 Å². The summed E-state index contributed by atoms with van der Waals surface area (Å²) in [6, 6.07) is 36.7. The molecular formula is C40H38O5. The molecule has 3 atom stereocenters. The molecule has 4 aromatic rings. The van der Waals surface area contributed by atoms with Crippen molar-refractivity contribution in [3.05, 3.63) is 154 Å². The van der Waals surface area contributed by atoms with E-state index in [2.05, 4.69) is 31.2 Å². The molecule has 0 fully saturated rings. The molecule has 0 spiro atoms. The maximum atomic E-state index is 14.2. The number of carbonyl (C=O) groups excluding carboxylic acids is 3. The quantitative estimate of drug-likeness (QED) is 0.0841.